The van der Waals surface area contributed by atoms with Crippen molar-refractivity contribution in [3.05, 3.63) is 58.3 Å². The summed E-state index contributed by atoms with van der Waals surface area (Å²) in [7, 11) is 0. The summed E-state index contributed by atoms with van der Waals surface area (Å²) in [6.45, 7) is 1.33. The van der Waals surface area contributed by atoms with E-state index in [4.69, 9.17) is 21.9 Å². The van der Waals surface area contributed by atoms with Crippen LogP contribution in [0, 0.1) is 0 Å². The van der Waals surface area contributed by atoms with Crippen LogP contribution in [0.1, 0.15) is 11.3 Å². The van der Waals surface area contributed by atoms with Crippen molar-refractivity contribution in [2.75, 3.05) is 18.8 Å². The third-order valence-electron chi connectivity index (χ3n) is 5.23. The minimum Gasteiger partial charge on any atom is -0.383 e. The zero-order chi connectivity index (χ0) is 22.2. The first kappa shape index (κ1) is 20.4. The average molecular weight is 469 g/mol. The van der Waals surface area contributed by atoms with E-state index in [-0.39, 0.29) is 6.54 Å². The second kappa shape index (κ2) is 8.21. The van der Waals surface area contributed by atoms with Crippen molar-refractivity contribution in [3.63, 3.8) is 0 Å². The fourth-order valence-electron chi connectivity index (χ4n) is 3.60. The van der Waals surface area contributed by atoms with Crippen LogP contribution in [-0.4, -0.2) is 49.8 Å². The van der Waals surface area contributed by atoms with Gasteiger partial charge in [0, 0.05) is 31.1 Å². The van der Waals surface area contributed by atoms with Gasteiger partial charge in [0.2, 0.25) is 0 Å². The number of anilines is 1. The van der Waals surface area contributed by atoms with Crippen molar-refractivity contribution < 1.29 is 14.1 Å². The minimum absolute atomic E-state index is 0.202. The number of hydrogen-bond acceptors (Lipinski definition) is 8. The van der Waals surface area contributed by atoms with E-state index in [1.807, 2.05) is 24.3 Å². The van der Waals surface area contributed by atoms with Gasteiger partial charge in [0.25, 0.3) is 0 Å². The molecule has 1 aliphatic rings. The first-order chi connectivity index (χ1) is 15.5. The number of benzene rings is 1. The highest BCUT2D eigenvalue weighted by molar-refractivity contribution is 7.19. The zero-order valence-corrected chi connectivity index (χ0v) is 18.3. The largest absolute Gasteiger partial charge is 0.383 e. The normalized spacial score (nSPS) is 14.5. The van der Waals surface area contributed by atoms with Gasteiger partial charge in [-0.25, -0.2) is 9.97 Å². The topological polar surface area (TPSA) is 118 Å². The molecule has 0 bridgehead atoms. The number of amides is 2. The van der Waals surface area contributed by atoms with Gasteiger partial charge in [-0.05, 0) is 29.8 Å². The van der Waals surface area contributed by atoms with Crippen LogP contribution < -0.4 is 5.73 Å². The van der Waals surface area contributed by atoms with Crippen molar-refractivity contribution in [2.45, 2.75) is 13.1 Å². The van der Waals surface area contributed by atoms with Gasteiger partial charge in [0.1, 0.15) is 17.8 Å². The summed E-state index contributed by atoms with van der Waals surface area (Å²) >= 11 is 7.34. The van der Waals surface area contributed by atoms with Crippen molar-refractivity contribution in [3.8, 4) is 10.6 Å². The second-order valence-electron chi connectivity index (χ2n) is 7.35. The molecule has 3 aromatic heterocycles. The number of rotatable bonds is 5. The van der Waals surface area contributed by atoms with E-state index in [0.717, 1.165) is 15.8 Å². The fraction of sp³-hybridized carbons (Fsp3) is 0.190. The molecule has 4 aromatic rings. The molecule has 0 aliphatic carbocycles. The standard InChI is InChI=1S/C21H17ClN6O3S/c22-18-4-3-17(32-18)16-8-13(26-31-16)10-28-6-5-27(20(29)21(28)30)9-12-1-2-14-15(7-12)24-11-25-19(14)23/h1-4,7-8,11H,5-6,9-10H2,(H2,23,24,25). The fourth-order valence-corrected chi connectivity index (χ4v) is 4.60. The van der Waals surface area contributed by atoms with E-state index in [1.54, 1.807) is 12.1 Å². The predicted octanol–water partition coefficient (Wildman–Crippen LogP) is 2.95. The minimum atomic E-state index is -0.563. The maximum atomic E-state index is 12.7. The molecule has 5 rings (SSSR count). The molecule has 0 unspecified atom stereocenters. The molecule has 1 fully saturated rings. The predicted molar refractivity (Wildman–Crippen MR) is 120 cm³/mol. The Morgan fingerprint density at radius 3 is 2.56 bits per heavy atom. The third-order valence-corrected chi connectivity index (χ3v) is 6.48. The van der Waals surface area contributed by atoms with Crippen LogP contribution in [0.4, 0.5) is 5.82 Å². The Labute approximate surface area is 191 Å². The molecule has 4 heterocycles. The van der Waals surface area contributed by atoms with Gasteiger partial charge in [0.15, 0.2) is 5.76 Å². The van der Waals surface area contributed by atoms with E-state index < -0.39 is 11.8 Å². The van der Waals surface area contributed by atoms with E-state index >= 15 is 0 Å². The SMILES string of the molecule is Nc1ncnc2cc(CN3CCN(Cc4cc(-c5ccc(Cl)s5)on4)C(=O)C3=O)ccc12. The summed E-state index contributed by atoms with van der Waals surface area (Å²) in [5, 5.41) is 4.78. The first-order valence-corrected chi connectivity index (χ1v) is 11.0. The van der Waals surface area contributed by atoms with Crippen LogP contribution in [0.3, 0.4) is 0 Å². The van der Waals surface area contributed by atoms with Gasteiger partial charge >= 0.3 is 11.8 Å². The lowest BCUT2D eigenvalue weighted by Crippen LogP contribution is -2.53. The van der Waals surface area contributed by atoms with E-state index in [1.165, 1.54) is 27.5 Å². The molecule has 0 spiro atoms. The Balaban J connectivity index is 1.25. The van der Waals surface area contributed by atoms with E-state index in [2.05, 4.69) is 15.1 Å². The Hall–Kier alpha value is -3.50. The summed E-state index contributed by atoms with van der Waals surface area (Å²) in [6, 6.07) is 10.9. The summed E-state index contributed by atoms with van der Waals surface area (Å²) < 4.78 is 6.01. The van der Waals surface area contributed by atoms with Crippen molar-refractivity contribution in [1.82, 2.24) is 24.9 Å². The maximum Gasteiger partial charge on any atom is 0.312 e. The quantitative estimate of drug-likeness (QED) is 0.447. The van der Waals surface area contributed by atoms with Crippen LogP contribution >= 0.6 is 22.9 Å². The monoisotopic (exact) mass is 468 g/mol. The van der Waals surface area contributed by atoms with Crippen molar-refractivity contribution in [1.29, 1.82) is 0 Å². The molecule has 0 saturated carbocycles. The Bertz CT molecular complexity index is 1340. The van der Waals surface area contributed by atoms with Gasteiger partial charge in [-0.1, -0.05) is 22.8 Å². The van der Waals surface area contributed by atoms with Gasteiger partial charge in [0.05, 0.1) is 21.3 Å². The Morgan fingerprint density at radius 1 is 1.03 bits per heavy atom. The summed E-state index contributed by atoms with van der Waals surface area (Å²) in [5.41, 5.74) is 7.99. The molecule has 0 atom stereocenters. The van der Waals surface area contributed by atoms with E-state index in [0.29, 0.717) is 46.8 Å². The number of nitrogen functional groups attached to an aromatic ring is 1. The lowest BCUT2D eigenvalue weighted by atomic mass is 10.1. The number of carbonyl (C=O) groups excluding carboxylic acids is 2. The highest BCUT2D eigenvalue weighted by Gasteiger charge is 2.33. The van der Waals surface area contributed by atoms with Gasteiger partial charge in [-0.15, -0.1) is 11.3 Å². The number of nitrogens with zero attached hydrogens (tertiary/aromatic N) is 5. The number of halogens is 1. The molecule has 1 aromatic carbocycles. The maximum absolute atomic E-state index is 12.7. The van der Waals surface area contributed by atoms with E-state index in [9.17, 15) is 9.59 Å². The number of aromatic nitrogens is 3. The molecular weight excluding hydrogens is 452 g/mol. The lowest BCUT2D eigenvalue weighted by Gasteiger charge is -2.33. The molecule has 9 nitrogen and oxygen atoms in total. The van der Waals surface area contributed by atoms with Gasteiger partial charge < -0.3 is 20.1 Å². The lowest BCUT2D eigenvalue weighted by molar-refractivity contribution is -0.156. The van der Waals surface area contributed by atoms with Crippen LogP contribution in [0.2, 0.25) is 4.34 Å². The number of piperazine rings is 1. The van der Waals surface area contributed by atoms with Crippen LogP contribution in [0.5, 0.6) is 0 Å². The molecule has 32 heavy (non-hydrogen) atoms. The average Bonchev–Trinajstić information content (AvgIpc) is 3.42. The number of thiophene rings is 1. The molecule has 0 radical (unpaired) electrons. The molecule has 1 saturated heterocycles. The number of fused-ring (bicyclic) bond motifs is 1. The molecule has 162 valence electrons. The smallest absolute Gasteiger partial charge is 0.312 e. The van der Waals surface area contributed by atoms with Gasteiger partial charge in [-0.3, -0.25) is 9.59 Å². The number of hydrogen-bond donors (Lipinski definition) is 1. The Kier molecular flexibility index (Phi) is 5.24. The highest BCUT2D eigenvalue weighted by atomic mass is 35.5. The van der Waals surface area contributed by atoms with Crippen LogP contribution in [-0.2, 0) is 22.7 Å². The molecule has 2 amide bonds. The molecule has 2 N–H and O–H groups in total. The summed E-state index contributed by atoms with van der Waals surface area (Å²) in [5.74, 6) is -0.130. The number of carbonyl (C=O) groups is 2. The Morgan fingerprint density at radius 2 is 1.81 bits per heavy atom. The highest BCUT2D eigenvalue weighted by Crippen LogP contribution is 2.31. The second-order valence-corrected chi connectivity index (χ2v) is 9.07. The molecule has 11 heteroatoms. The van der Waals surface area contributed by atoms with Crippen molar-refractivity contribution in [2.24, 2.45) is 0 Å². The molecule has 1 aliphatic heterocycles. The zero-order valence-electron chi connectivity index (χ0n) is 16.7. The summed E-state index contributed by atoms with van der Waals surface area (Å²) in [6.07, 6.45) is 1.40. The van der Waals surface area contributed by atoms with Crippen LogP contribution in [0.25, 0.3) is 21.5 Å². The van der Waals surface area contributed by atoms with Crippen LogP contribution in [0.15, 0.2) is 47.2 Å². The number of nitrogens with two attached hydrogens (primary N) is 1. The van der Waals surface area contributed by atoms with Gasteiger partial charge in [-0.2, -0.15) is 0 Å². The molecular formula is C21H17ClN6O3S. The third kappa shape index (κ3) is 3.90. The first-order valence-electron chi connectivity index (χ1n) is 9.76. The van der Waals surface area contributed by atoms with Crippen molar-refractivity contribution >= 4 is 51.5 Å². The summed E-state index contributed by atoms with van der Waals surface area (Å²) in [4.78, 5) is 37.5.